The van der Waals surface area contributed by atoms with Gasteiger partial charge in [0.05, 0.1) is 5.52 Å². The molecule has 2 heterocycles. The molecular formula is C15H21N5. The van der Waals surface area contributed by atoms with Crippen LogP contribution in [-0.2, 0) is 0 Å². The Morgan fingerprint density at radius 3 is 2.80 bits per heavy atom. The summed E-state index contributed by atoms with van der Waals surface area (Å²) < 4.78 is 0. The van der Waals surface area contributed by atoms with Gasteiger partial charge in [0, 0.05) is 18.0 Å². The predicted molar refractivity (Wildman–Crippen MR) is 83.2 cm³/mol. The highest BCUT2D eigenvalue weighted by Crippen LogP contribution is 2.23. The zero-order valence-electron chi connectivity index (χ0n) is 11.8. The predicted octanol–water partition coefficient (Wildman–Crippen LogP) is 2.23. The van der Waals surface area contributed by atoms with Gasteiger partial charge in [-0.2, -0.15) is 4.98 Å². The zero-order chi connectivity index (χ0) is 13.8. The summed E-state index contributed by atoms with van der Waals surface area (Å²) >= 11 is 0. The molecule has 5 nitrogen and oxygen atoms in total. The number of nitrogens with one attached hydrogen (secondary N) is 3. The van der Waals surface area contributed by atoms with Gasteiger partial charge in [0.1, 0.15) is 5.82 Å². The highest BCUT2D eigenvalue weighted by Gasteiger charge is 2.15. The monoisotopic (exact) mass is 271 g/mol. The molecule has 0 bridgehead atoms. The minimum atomic E-state index is 0.490. The molecule has 0 radical (unpaired) electrons. The second-order valence-corrected chi connectivity index (χ2v) is 5.11. The van der Waals surface area contributed by atoms with E-state index in [1.165, 1.54) is 0 Å². The topological polar surface area (TPSA) is 61.9 Å². The molecular weight excluding hydrogens is 250 g/mol. The van der Waals surface area contributed by atoms with Crippen LogP contribution in [0.25, 0.3) is 10.9 Å². The van der Waals surface area contributed by atoms with Crippen molar-refractivity contribution in [1.29, 1.82) is 0 Å². The Balaban J connectivity index is 1.93. The van der Waals surface area contributed by atoms with E-state index in [-0.39, 0.29) is 0 Å². The molecule has 1 aromatic carbocycles. The largest absolute Gasteiger partial charge is 0.367 e. The van der Waals surface area contributed by atoms with Crippen molar-refractivity contribution in [2.45, 2.75) is 25.8 Å². The number of fused-ring (bicyclic) bond motifs is 1. The quantitative estimate of drug-likeness (QED) is 0.796. The van der Waals surface area contributed by atoms with Gasteiger partial charge in [-0.1, -0.05) is 12.1 Å². The lowest BCUT2D eigenvalue weighted by atomic mass is 10.1. The lowest BCUT2D eigenvalue weighted by Gasteiger charge is -2.24. The fourth-order valence-corrected chi connectivity index (χ4v) is 2.58. The number of piperidine rings is 1. The van der Waals surface area contributed by atoms with Crippen LogP contribution in [0.1, 0.15) is 19.8 Å². The number of rotatable bonds is 4. The molecule has 2 aromatic rings. The minimum absolute atomic E-state index is 0.490. The van der Waals surface area contributed by atoms with Gasteiger partial charge < -0.3 is 16.0 Å². The van der Waals surface area contributed by atoms with Crippen molar-refractivity contribution in [2.24, 2.45) is 0 Å². The average Bonchev–Trinajstić information content (AvgIpc) is 2.49. The molecule has 3 rings (SSSR count). The van der Waals surface area contributed by atoms with E-state index in [2.05, 4.69) is 38.9 Å². The molecule has 0 spiro atoms. The van der Waals surface area contributed by atoms with E-state index in [1.54, 1.807) is 0 Å². The number of benzene rings is 1. The Labute approximate surface area is 119 Å². The van der Waals surface area contributed by atoms with E-state index < -0.39 is 0 Å². The minimum Gasteiger partial charge on any atom is -0.367 e. The standard InChI is InChI=1S/C15H21N5/c1-2-17-15-19-13-6-4-3-5-12(13)14(20-15)18-11-7-9-16-10-8-11/h3-6,11,16H,2,7-10H2,1H3,(H2,17,18,19,20). The van der Waals surface area contributed by atoms with Crippen molar-refractivity contribution in [3.8, 4) is 0 Å². The summed E-state index contributed by atoms with van der Waals surface area (Å²) in [7, 11) is 0. The van der Waals surface area contributed by atoms with Crippen molar-refractivity contribution < 1.29 is 0 Å². The molecule has 20 heavy (non-hydrogen) atoms. The maximum absolute atomic E-state index is 4.63. The van der Waals surface area contributed by atoms with Gasteiger partial charge in [-0.25, -0.2) is 4.98 Å². The van der Waals surface area contributed by atoms with Crippen LogP contribution in [0, 0.1) is 0 Å². The van der Waals surface area contributed by atoms with E-state index in [9.17, 15) is 0 Å². The average molecular weight is 271 g/mol. The lowest BCUT2D eigenvalue weighted by Crippen LogP contribution is -2.35. The highest BCUT2D eigenvalue weighted by molar-refractivity contribution is 5.90. The Morgan fingerprint density at radius 2 is 2.00 bits per heavy atom. The van der Waals surface area contributed by atoms with E-state index in [1.807, 2.05) is 18.2 Å². The van der Waals surface area contributed by atoms with Crippen LogP contribution in [0.4, 0.5) is 11.8 Å². The first kappa shape index (κ1) is 13.1. The van der Waals surface area contributed by atoms with E-state index in [0.717, 1.165) is 49.2 Å². The second kappa shape index (κ2) is 6.05. The lowest BCUT2D eigenvalue weighted by molar-refractivity contribution is 0.478. The first-order valence-electron chi connectivity index (χ1n) is 7.34. The number of hydrogen-bond acceptors (Lipinski definition) is 5. The summed E-state index contributed by atoms with van der Waals surface area (Å²) in [6.45, 7) is 5.02. The summed E-state index contributed by atoms with van der Waals surface area (Å²) in [5.41, 5.74) is 0.981. The first-order chi connectivity index (χ1) is 9.86. The van der Waals surface area contributed by atoms with Crippen molar-refractivity contribution in [2.75, 3.05) is 30.3 Å². The number of nitrogens with zero attached hydrogens (tertiary/aromatic N) is 2. The summed E-state index contributed by atoms with van der Waals surface area (Å²) in [5, 5.41) is 11.3. The van der Waals surface area contributed by atoms with Crippen molar-refractivity contribution in [3.63, 3.8) is 0 Å². The van der Waals surface area contributed by atoms with Crippen molar-refractivity contribution in [3.05, 3.63) is 24.3 Å². The smallest absolute Gasteiger partial charge is 0.225 e. The van der Waals surface area contributed by atoms with Crippen LogP contribution in [0.2, 0.25) is 0 Å². The molecule has 5 heteroatoms. The summed E-state index contributed by atoms with van der Waals surface area (Å²) in [5.74, 6) is 1.64. The molecule has 1 fully saturated rings. The molecule has 0 unspecified atom stereocenters. The molecule has 106 valence electrons. The van der Waals surface area contributed by atoms with E-state index >= 15 is 0 Å². The Bertz CT molecular complexity index is 577. The maximum Gasteiger partial charge on any atom is 0.225 e. The van der Waals surface area contributed by atoms with Gasteiger partial charge in [0.25, 0.3) is 0 Å². The number of hydrogen-bond donors (Lipinski definition) is 3. The number of anilines is 2. The van der Waals surface area contributed by atoms with E-state index in [0.29, 0.717) is 12.0 Å². The van der Waals surface area contributed by atoms with Gasteiger partial charge in [0.2, 0.25) is 5.95 Å². The molecule has 0 atom stereocenters. The third kappa shape index (κ3) is 2.82. The summed E-state index contributed by atoms with van der Waals surface area (Å²) in [6.07, 6.45) is 2.27. The molecule has 1 aromatic heterocycles. The van der Waals surface area contributed by atoms with Crippen LogP contribution < -0.4 is 16.0 Å². The van der Waals surface area contributed by atoms with Crippen LogP contribution in [0.15, 0.2) is 24.3 Å². The zero-order valence-corrected chi connectivity index (χ0v) is 11.8. The maximum atomic E-state index is 4.63. The fraction of sp³-hybridized carbons (Fsp3) is 0.467. The second-order valence-electron chi connectivity index (χ2n) is 5.11. The number of aromatic nitrogens is 2. The SMILES string of the molecule is CCNc1nc(NC2CCNCC2)c2ccccc2n1. The Morgan fingerprint density at radius 1 is 1.20 bits per heavy atom. The van der Waals surface area contributed by atoms with Crippen LogP contribution in [-0.4, -0.2) is 35.6 Å². The normalized spacial score (nSPS) is 16.2. The van der Waals surface area contributed by atoms with Crippen LogP contribution in [0.3, 0.4) is 0 Å². The highest BCUT2D eigenvalue weighted by atomic mass is 15.1. The van der Waals surface area contributed by atoms with Gasteiger partial charge in [-0.15, -0.1) is 0 Å². The number of para-hydroxylation sites is 1. The van der Waals surface area contributed by atoms with Gasteiger partial charge in [-0.05, 0) is 45.0 Å². The molecule has 0 amide bonds. The first-order valence-corrected chi connectivity index (χ1v) is 7.34. The molecule has 3 N–H and O–H groups in total. The van der Waals surface area contributed by atoms with Crippen molar-refractivity contribution >= 4 is 22.7 Å². The van der Waals surface area contributed by atoms with Crippen LogP contribution in [0.5, 0.6) is 0 Å². The molecule has 0 saturated carbocycles. The van der Waals surface area contributed by atoms with Gasteiger partial charge >= 0.3 is 0 Å². The summed E-state index contributed by atoms with van der Waals surface area (Å²) in [6, 6.07) is 8.65. The third-order valence-electron chi connectivity index (χ3n) is 3.62. The third-order valence-corrected chi connectivity index (χ3v) is 3.62. The van der Waals surface area contributed by atoms with Crippen molar-refractivity contribution in [1.82, 2.24) is 15.3 Å². The molecule has 1 aliphatic rings. The molecule has 1 aliphatic heterocycles. The van der Waals surface area contributed by atoms with E-state index in [4.69, 9.17) is 0 Å². The molecule has 0 aliphatic carbocycles. The molecule has 1 saturated heterocycles. The summed E-state index contributed by atoms with van der Waals surface area (Å²) in [4.78, 5) is 9.18. The fourth-order valence-electron chi connectivity index (χ4n) is 2.58. The Hall–Kier alpha value is -1.88. The van der Waals surface area contributed by atoms with Crippen LogP contribution >= 0.6 is 0 Å². The van der Waals surface area contributed by atoms with Gasteiger partial charge in [-0.3, -0.25) is 0 Å². The Kier molecular flexibility index (Phi) is 3.97. The van der Waals surface area contributed by atoms with Gasteiger partial charge in [0.15, 0.2) is 0 Å².